The van der Waals surface area contributed by atoms with E-state index in [2.05, 4.69) is 184 Å². The lowest BCUT2D eigenvalue weighted by Crippen LogP contribution is -2.61. The summed E-state index contributed by atoms with van der Waals surface area (Å²) in [5.41, 5.74) is 20.8. The van der Waals surface area contributed by atoms with Crippen LogP contribution < -0.4 is 26.4 Å². The van der Waals surface area contributed by atoms with Crippen LogP contribution in [0.5, 0.6) is 0 Å². The molecule has 1 saturated carbocycles. The quantitative estimate of drug-likeness (QED) is 0.164. The number of hydrogen-bond donors (Lipinski definition) is 0. The molecule has 57 heavy (non-hydrogen) atoms. The third kappa shape index (κ3) is 5.38. The molecule has 0 spiro atoms. The Morgan fingerprint density at radius 3 is 1.54 bits per heavy atom. The molecule has 0 radical (unpaired) electrons. The zero-order valence-corrected chi connectivity index (χ0v) is 36.4. The van der Waals surface area contributed by atoms with Crippen LogP contribution in [-0.2, 0) is 27.1 Å². The van der Waals surface area contributed by atoms with Gasteiger partial charge >= 0.3 is 0 Å². The first-order valence-electron chi connectivity index (χ1n) is 21.5. The van der Waals surface area contributed by atoms with Gasteiger partial charge in [-0.1, -0.05) is 113 Å². The maximum absolute atomic E-state index is 7.47. The average Bonchev–Trinajstić information content (AvgIpc) is 3.52. The summed E-state index contributed by atoms with van der Waals surface area (Å²) in [5, 5.41) is 1.24. The molecule has 0 N–H and O–H groups in total. The molecule has 1 fully saturated rings. The van der Waals surface area contributed by atoms with Gasteiger partial charge in [0.25, 0.3) is 6.71 Å². The van der Waals surface area contributed by atoms with E-state index in [4.69, 9.17) is 4.42 Å². The summed E-state index contributed by atoms with van der Waals surface area (Å²) in [7, 11) is 0. The van der Waals surface area contributed by atoms with E-state index < -0.39 is 0 Å². The van der Waals surface area contributed by atoms with Crippen molar-refractivity contribution >= 4 is 68.4 Å². The molecule has 5 aliphatic rings. The molecule has 3 heterocycles. The Morgan fingerprint density at radius 2 is 1.02 bits per heavy atom. The molecule has 5 aromatic carbocycles. The molecule has 2 aliphatic heterocycles. The Bertz CT molecular complexity index is 2610. The maximum Gasteiger partial charge on any atom is 0.297 e. The van der Waals surface area contributed by atoms with Crippen LogP contribution in [0, 0.1) is 6.92 Å². The summed E-state index contributed by atoms with van der Waals surface area (Å²) < 4.78 is 7.47. The van der Waals surface area contributed by atoms with Gasteiger partial charge in [0.15, 0.2) is 0 Å². The van der Waals surface area contributed by atoms with Gasteiger partial charge in [-0.05, 0) is 159 Å². The number of furan rings is 1. The van der Waals surface area contributed by atoms with Gasteiger partial charge in [0.1, 0.15) is 5.58 Å². The molecule has 4 heteroatoms. The van der Waals surface area contributed by atoms with Gasteiger partial charge in [-0.15, -0.1) is 0 Å². The number of rotatable bonds is 2. The van der Waals surface area contributed by atoms with Gasteiger partial charge in [0, 0.05) is 33.8 Å². The van der Waals surface area contributed by atoms with Gasteiger partial charge in [0.2, 0.25) is 0 Å². The van der Waals surface area contributed by atoms with E-state index >= 15 is 0 Å². The lowest BCUT2D eigenvalue weighted by Gasteiger charge is -2.52. The topological polar surface area (TPSA) is 19.6 Å². The molecule has 1 aromatic heterocycles. The second-order valence-corrected chi connectivity index (χ2v) is 21.8. The van der Waals surface area contributed by atoms with E-state index in [0.29, 0.717) is 0 Å². The number of fused-ring (bicyclic) bond motifs is 8. The zero-order chi connectivity index (χ0) is 40.2. The summed E-state index contributed by atoms with van der Waals surface area (Å²) in [5.74, 6) is 0. The lowest BCUT2D eigenvalue weighted by atomic mass is 9.35. The fraction of sp³-hybridized carbons (Fsp3) is 0.396. The van der Waals surface area contributed by atoms with Crippen molar-refractivity contribution in [2.45, 2.75) is 136 Å². The third-order valence-electron chi connectivity index (χ3n) is 14.6. The Balaban J connectivity index is 1.30. The van der Waals surface area contributed by atoms with Crippen molar-refractivity contribution in [3.63, 3.8) is 0 Å². The molecule has 0 unspecified atom stereocenters. The Hall–Kier alpha value is -4.70. The minimum Gasteiger partial charge on any atom is -0.468 e. The molecular formula is C53H59BN2O. The summed E-state index contributed by atoms with van der Waals surface area (Å²) in [4.78, 5) is 5.09. The van der Waals surface area contributed by atoms with Gasteiger partial charge in [-0.3, -0.25) is 0 Å². The Kier molecular flexibility index (Phi) is 7.52. The van der Waals surface area contributed by atoms with Crippen molar-refractivity contribution in [3.05, 3.63) is 124 Å². The third-order valence-corrected chi connectivity index (χ3v) is 14.6. The maximum atomic E-state index is 7.47. The van der Waals surface area contributed by atoms with Crippen LogP contribution >= 0.6 is 0 Å². The van der Waals surface area contributed by atoms with Crippen LogP contribution in [0.1, 0.15) is 135 Å². The minimum absolute atomic E-state index is 0.0139. The molecule has 3 aliphatic carbocycles. The van der Waals surface area contributed by atoms with Crippen LogP contribution in [0.3, 0.4) is 0 Å². The highest BCUT2D eigenvalue weighted by Crippen LogP contribution is 2.58. The molecule has 290 valence electrons. The van der Waals surface area contributed by atoms with E-state index in [1.54, 1.807) is 5.56 Å². The summed E-state index contributed by atoms with van der Waals surface area (Å²) >= 11 is 0. The van der Waals surface area contributed by atoms with E-state index in [1.807, 2.05) is 0 Å². The number of aryl methyl sites for hydroxylation is 1. The largest absolute Gasteiger partial charge is 0.468 e. The van der Waals surface area contributed by atoms with Crippen LogP contribution in [0.25, 0.3) is 11.0 Å². The first-order chi connectivity index (χ1) is 26.7. The first kappa shape index (κ1) is 36.6. The molecule has 2 bridgehead atoms. The van der Waals surface area contributed by atoms with Crippen molar-refractivity contribution < 1.29 is 4.42 Å². The van der Waals surface area contributed by atoms with Gasteiger partial charge in [0.05, 0.1) is 11.3 Å². The number of hydrogen-bond acceptors (Lipinski definition) is 3. The van der Waals surface area contributed by atoms with Gasteiger partial charge in [-0.2, -0.15) is 0 Å². The van der Waals surface area contributed by atoms with Crippen molar-refractivity contribution in [2.24, 2.45) is 0 Å². The van der Waals surface area contributed by atoms with Crippen LogP contribution in [0.15, 0.2) is 95.4 Å². The average molecular weight is 751 g/mol. The highest BCUT2D eigenvalue weighted by Gasteiger charge is 2.50. The van der Waals surface area contributed by atoms with Gasteiger partial charge in [-0.25, -0.2) is 0 Å². The Labute approximate surface area is 341 Å². The molecular weight excluding hydrogens is 691 g/mol. The van der Waals surface area contributed by atoms with Crippen LogP contribution in [-0.4, -0.2) is 6.71 Å². The summed E-state index contributed by atoms with van der Waals surface area (Å²) in [6, 6.07) is 35.8. The van der Waals surface area contributed by atoms with Crippen molar-refractivity contribution in [3.8, 4) is 0 Å². The van der Waals surface area contributed by atoms with Crippen molar-refractivity contribution in [1.29, 1.82) is 0 Å². The monoisotopic (exact) mass is 750 g/mol. The fourth-order valence-corrected chi connectivity index (χ4v) is 10.8. The van der Waals surface area contributed by atoms with Gasteiger partial charge < -0.3 is 14.2 Å². The normalized spacial score (nSPS) is 21.1. The summed E-state index contributed by atoms with van der Waals surface area (Å²) in [6.07, 6.45) is 5.01. The SMILES string of the molecule is Cc1cc2c3c(c1)N(c1ccc(C(C)(C)C)cc1)c1c(oc4cc5c(cc14)C1(C)CCC5(C)CC1)B3c1cc(C(C)(C)C)ccc1N2c1ccc(C(C)(C)C)cc1. The second-order valence-electron chi connectivity index (χ2n) is 21.8. The fourth-order valence-electron chi connectivity index (χ4n) is 10.8. The smallest absolute Gasteiger partial charge is 0.297 e. The van der Waals surface area contributed by atoms with E-state index in [-0.39, 0.29) is 33.8 Å². The van der Waals surface area contributed by atoms with E-state index in [1.165, 1.54) is 104 Å². The van der Waals surface area contributed by atoms with E-state index in [9.17, 15) is 0 Å². The lowest BCUT2D eigenvalue weighted by molar-refractivity contribution is 0.188. The molecule has 6 aromatic rings. The van der Waals surface area contributed by atoms with Crippen LogP contribution in [0.2, 0.25) is 0 Å². The number of anilines is 6. The van der Waals surface area contributed by atoms with E-state index in [0.717, 1.165) is 11.2 Å². The standard InChI is InChI=1S/C53H59BN2O/c1-32-27-43-46-44(28-32)56(37-20-15-34(16-21-37)50(5,6)7)47-38-30-39-40(53(12)25-23-52(39,11)24-26-53)31-45(38)57-48(47)54(46)41-29-35(51(8,9)10)17-22-42(41)55(43)36-18-13-33(14-19-36)49(2,3)4/h13-22,27-31H,23-26H2,1-12H3. The number of benzene rings is 5. The summed E-state index contributed by atoms with van der Waals surface area (Å²) in [6.45, 7) is 28.0. The van der Waals surface area contributed by atoms with Crippen LogP contribution in [0.4, 0.5) is 34.1 Å². The van der Waals surface area contributed by atoms with Crippen molar-refractivity contribution in [1.82, 2.24) is 0 Å². The predicted octanol–water partition coefficient (Wildman–Crippen LogP) is 12.8. The molecule has 0 saturated heterocycles. The zero-order valence-electron chi connectivity index (χ0n) is 36.4. The number of nitrogens with zero attached hydrogens (tertiary/aromatic N) is 2. The Morgan fingerprint density at radius 1 is 0.544 bits per heavy atom. The minimum atomic E-state index is -0.0644. The second kappa shape index (κ2) is 11.7. The predicted molar refractivity (Wildman–Crippen MR) is 244 cm³/mol. The van der Waals surface area contributed by atoms with Crippen molar-refractivity contribution in [2.75, 3.05) is 9.80 Å². The molecule has 0 amide bonds. The molecule has 11 rings (SSSR count). The highest BCUT2D eigenvalue weighted by atomic mass is 16.3. The molecule has 3 nitrogen and oxygen atoms in total. The molecule has 0 atom stereocenters. The first-order valence-corrected chi connectivity index (χ1v) is 21.5. The highest BCUT2D eigenvalue weighted by molar-refractivity contribution is 7.00.